The van der Waals surface area contributed by atoms with Gasteiger partial charge in [-0.3, -0.25) is 20.0 Å². The van der Waals surface area contributed by atoms with Crippen molar-refractivity contribution in [3.05, 3.63) is 41.5 Å². The summed E-state index contributed by atoms with van der Waals surface area (Å²) >= 11 is 1.33. The molecule has 26 heavy (non-hydrogen) atoms. The molecule has 134 valence electrons. The summed E-state index contributed by atoms with van der Waals surface area (Å²) in [4.78, 5) is 21.3. The van der Waals surface area contributed by atoms with E-state index in [0.29, 0.717) is 11.7 Å². The zero-order valence-corrected chi connectivity index (χ0v) is 15.4. The summed E-state index contributed by atoms with van der Waals surface area (Å²) in [5.41, 5.74) is 4.89. The molecule has 0 saturated carbocycles. The summed E-state index contributed by atoms with van der Waals surface area (Å²) < 4.78 is 0. The monoisotopic (exact) mass is 368 g/mol. The summed E-state index contributed by atoms with van der Waals surface area (Å²) in [7, 11) is 0. The highest BCUT2D eigenvalue weighted by molar-refractivity contribution is 7.13. The number of rotatable bonds is 4. The largest absolute Gasteiger partial charge is 0.368 e. The summed E-state index contributed by atoms with van der Waals surface area (Å²) in [6, 6.07) is 10.4. The number of nitrogens with zero attached hydrogens (tertiary/aromatic N) is 5. The minimum Gasteiger partial charge on any atom is -0.368 e. The second-order valence-corrected chi connectivity index (χ2v) is 7.19. The Morgan fingerprint density at radius 1 is 1.23 bits per heavy atom. The molecule has 1 amide bonds. The zero-order chi connectivity index (χ0) is 17.9. The Balaban J connectivity index is 1.40. The van der Waals surface area contributed by atoms with E-state index >= 15 is 0 Å². The number of aromatic nitrogens is 3. The van der Waals surface area contributed by atoms with Gasteiger partial charge in [-0.15, -0.1) is 10.2 Å². The fourth-order valence-corrected chi connectivity index (χ4v) is 3.74. The number of amides is 1. The standard InChI is InChI=1S/C18H20N6OS/c1-13-10-16(14-4-2-3-5-15(14)20-13)24-8-6-23(7-9-24)11-17(25)21-18-22-19-12-26-18/h2-5,10,12H,6-9,11H2,1H3,(H,21,22,25). The van der Waals surface area contributed by atoms with Gasteiger partial charge < -0.3 is 4.90 Å². The van der Waals surface area contributed by atoms with Crippen LogP contribution < -0.4 is 10.2 Å². The normalized spacial score (nSPS) is 15.3. The first-order chi connectivity index (χ1) is 12.7. The number of piperazine rings is 1. The molecule has 4 rings (SSSR count). The average molecular weight is 368 g/mol. The number of benzene rings is 1. The highest BCUT2D eigenvalue weighted by atomic mass is 32.1. The van der Waals surface area contributed by atoms with Gasteiger partial charge in [0.15, 0.2) is 0 Å². The molecule has 0 aliphatic carbocycles. The van der Waals surface area contributed by atoms with Crippen LogP contribution in [0.5, 0.6) is 0 Å². The van der Waals surface area contributed by atoms with Gasteiger partial charge in [0.25, 0.3) is 0 Å². The van der Waals surface area contributed by atoms with Crippen LogP contribution in [0.25, 0.3) is 10.9 Å². The first-order valence-corrected chi connectivity index (χ1v) is 9.47. The number of pyridine rings is 1. The summed E-state index contributed by atoms with van der Waals surface area (Å²) in [5.74, 6) is -0.0413. The fraction of sp³-hybridized carbons (Fsp3) is 0.333. The Morgan fingerprint density at radius 3 is 2.81 bits per heavy atom. The predicted molar refractivity (Wildman–Crippen MR) is 104 cm³/mol. The van der Waals surface area contributed by atoms with Crippen molar-refractivity contribution in [2.75, 3.05) is 42.9 Å². The molecule has 0 radical (unpaired) electrons. The van der Waals surface area contributed by atoms with Gasteiger partial charge in [0.05, 0.1) is 12.1 Å². The average Bonchev–Trinajstić information content (AvgIpc) is 3.14. The fourth-order valence-electron chi connectivity index (χ4n) is 3.28. The van der Waals surface area contributed by atoms with Crippen molar-refractivity contribution in [3.8, 4) is 0 Å². The number of carbonyl (C=O) groups is 1. The maximum absolute atomic E-state index is 12.1. The van der Waals surface area contributed by atoms with Crippen molar-refractivity contribution in [3.63, 3.8) is 0 Å². The first-order valence-electron chi connectivity index (χ1n) is 8.59. The number of para-hydroxylation sites is 1. The van der Waals surface area contributed by atoms with Crippen molar-refractivity contribution in [2.45, 2.75) is 6.92 Å². The minimum absolute atomic E-state index is 0.0413. The van der Waals surface area contributed by atoms with E-state index in [9.17, 15) is 4.79 Å². The molecule has 3 aromatic rings. The molecule has 8 heteroatoms. The van der Waals surface area contributed by atoms with E-state index in [1.807, 2.05) is 13.0 Å². The molecule has 1 aromatic carbocycles. The van der Waals surface area contributed by atoms with Gasteiger partial charge in [-0.2, -0.15) is 0 Å². The van der Waals surface area contributed by atoms with Crippen molar-refractivity contribution < 1.29 is 4.79 Å². The summed E-state index contributed by atoms with van der Waals surface area (Å²) in [6.07, 6.45) is 0. The highest BCUT2D eigenvalue weighted by Crippen LogP contribution is 2.27. The van der Waals surface area contributed by atoms with Crippen LogP contribution in [0, 0.1) is 6.92 Å². The van der Waals surface area contributed by atoms with Gasteiger partial charge >= 0.3 is 0 Å². The molecular weight excluding hydrogens is 348 g/mol. The van der Waals surface area contributed by atoms with Crippen LogP contribution in [0.15, 0.2) is 35.8 Å². The molecule has 0 unspecified atom stereocenters. The van der Waals surface area contributed by atoms with Gasteiger partial charge in [0.2, 0.25) is 11.0 Å². The van der Waals surface area contributed by atoms with E-state index in [-0.39, 0.29) is 5.91 Å². The van der Waals surface area contributed by atoms with Gasteiger partial charge in [-0.25, -0.2) is 0 Å². The minimum atomic E-state index is -0.0413. The lowest BCUT2D eigenvalue weighted by molar-refractivity contribution is -0.117. The van der Waals surface area contributed by atoms with Crippen LogP contribution in [0.2, 0.25) is 0 Å². The molecule has 0 spiro atoms. The maximum atomic E-state index is 12.1. The van der Waals surface area contributed by atoms with Crippen LogP contribution in [-0.4, -0.2) is 58.7 Å². The molecule has 1 aliphatic heterocycles. The van der Waals surface area contributed by atoms with Crippen molar-refractivity contribution in [1.82, 2.24) is 20.1 Å². The van der Waals surface area contributed by atoms with E-state index in [4.69, 9.17) is 0 Å². The van der Waals surface area contributed by atoms with E-state index in [1.165, 1.54) is 22.4 Å². The molecule has 2 aromatic heterocycles. The van der Waals surface area contributed by atoms with Gasteiger partial charge in [0, 0.05) is 42.9 Å². The lowest BCUT2D eigenvalue weighted by Gasteiger charge is -2.36. The maximum Gasteiger partial charge on any atom is 0.240 e. The summed E-state index contributed by atoms with van der Waals surface area (Å²) in [5, 5.41) is 12.1. The highest BCUT2D eigenvalue weighted by Gasteiger charge is 2.21. The lowest BCUT2D eigenvalue weighted by Crippen LogP contribution is -2.48. The molecule has 3 heterocycles. The third-order valence-electron chi connectivity index (χ3n) is 4.51. The van der Waals surface area contributed by atoms with Gasteiger partial charge in [0.1, 0.15) is 5.51 Å². The molecule has 1 fully saturated rings. The topological polar surface area (TPSA) is 74.2 Å². The molecule has 1 aliphatic rings. The quantitative estimate of drug-likeness (QED) is 0.761. The Bertz CT molecular complexity index is 905. The Labute approximate surface area is 155 Å². The van der Waals surface area contributed by atoms with E-state index in [2.05, 4.69) is 54.6 Å². The lowest BCUT2D eigenvalue weighted by atomic mass is 10.1. The van der Waals surface area contributed by atoms with E-state index in [0.717, 1.165) is 37.4 Å². The van der Waals surface area contributed by atoms with Gasteiger partial charge in [-0.1, -0.05) is 29.5 Å². The number of anilines is 2. The third-order valence-corrected chi connectivity index (χ3v) is 5.12. The van der Waals surface area contributed by atoms with Crippen LogP contribution in [-0.2, 0) is 4.79 Å². The molecule has 1 saturated heterocycles. The number of hydrogen-bond donors (Lipinski definition) is 1. The van der Waals surface area contributed by atoms with Crippen LogP contribution in [0.4, 0.5) is 10.8 Å². The second kappa shape index (κ2) is 7.35. The SMILES string of the molecule is Cc1cc(N2CCN(CC(=O)Nc3nncs3)CC2)c2ccccc2n1. The number of hydrogen-bond acceptors (Lipinski definition) is 7. The van der Waals surface area contributed by atoms with Crippen molar-refractivity contribution in [2.24, 2.45) is 0 Å². The predicted octanol–water partition coefficient (Wildman–Crippen LogP) is 2.16. The molecule has 0 atom stereocenters. The molecule has 0 bridgehead atoms. The molecule has 7 nitrogen and oxygen atoms in total. The smallest absolute Gasteiger partial charge is 0.240 e. The zero-order valence-electron chi connectivity index (χ0n) is 14.6. The van der Waals surface area contributed by atoms with Gasteiger partial charge in [-0.05, 0) is 19.1 Å². The third kappa shape index (κ3) is 3.66. The van der Waals surface area contributed by atoms with Crippen molar-refractivity contribution in [1.29, 1.82) is 0 Å². The molecular formula is C18H20N6OS. The van der Waals surface area contributed by atoms with Crippen LogP contribution >= 0.6 is 11.3 Å². The van der Waals surface area contributed by atoms with Crippen molar-refractivity contribution >= 4 is 39.0 Å². The first kappa shape index (κ1) is 16.9. The van der Waals surface area contributed by atoms with Crippen LogP contribution in [0.1, 0.15) is 5.69 Å². The Kier molecular flexibility index (Phi) is 4.77. The number of carbonyl (C=O) groups excluding carboxylic acids is 1. The van der Waals surface area contributed by atoms with E-state index in [1.54, 1.807) is 5.51 Å². The number of fused-ring (bicyclic) bond motifs is 1. The number of nitrogens with one attached hydrogen (secondary N) is 1. The second-order valence-electron chi connectivity index (χ2n) is 6.36. The Morgan fingerprint density at radius 2 is 2.04 bits per heavy atom. The Hall–Kier alpha value is -2.58. The molecule has 1 N–H and O–H groups in total. The van der Waals surface area contributed by atoms with Crippen LogP contribution in [0.3, 0.4) is 0 Å². The summed E-state index contributed by atoms with van der Waals surface area (Å²) in [6.45, 7) is 5.88. The van der Waals surface area contributed by atoms with E-state index < -0.39 is 0 Å². The number of aryl methyl sites for hydroxylation is 1.